The van der Waals surface area contributed by atoms with Crippen molar-refractivity contribution in [3.63, 3.8) is 0 Å². The number of nitrogens with zero attached hydrogens (tertiary/aromatic N) is 2. The third kappa shape index (κ3) is 3.48. The molecule has 2 rings (SSSR count). The Balaban J connectivity index is 2.11. The van der Waals surface area contributed by atoms with Gasteiger partial charge in [-0.2, -0.15) is 5.10 Å². The molecule has 1 aromatic carbocycles. The van der Waals surface area contributed by atoms with E-state index in [1.165, 1.54) is 0 Å². The van der Waals surface area contributed by atoms with Crippen molar-refractivity contribution in [3.8, 4) is 0 Å². The number of carbonyl (C=O) groups is 1. The zero-order chi connectivity index (χ0) is 13.7. The lowest BCUT2D eigenvalue weighted by Crippen LogP contribution is -2.20. The van der Waals surface area contributed by atoms with Gasteiger partial charge >= 0.3 is 0 Å². The van der Waals surface area contributed by atoms with E-state index >= 15 is 0 Å². The molecule has 1 heterocycles. The molecule has 0 unspecified atom stereocenters. The first-order valence-corrected chi connectivity index (χ1v) is 6.48. The number of benzene rings is 1. The molecule has 0 radical (unpaired) electrons. The van der Waals surface area contributed by atoms with Crippen LogP contribution in [0.25, 0.3) is 0 Å². The van der Waals surface area contributed by atoms with Gasteiger partial charge in [-0.05, 0) is 47.1 Å². The van der Waals surface area contributed by atoms with Crippen molar-refractivity contribution < 1.29 is 4.79 Å². The highest BCUT2D eigenvalue weighted by Gasteiger charge is 2.08. The number of pyridine rings is 1. The van der Waals surface area contributed by atoms with Crippen LogP contribution in [-0.2, 0) is 0 Å². The molecule has 0 saturated carbocycles. The van der Waals surface area contributed by atoms with Gasteiger partial charge < -0.3 is 0 Å². The highest BCUT2D eigenvalue weighted by Crippen LogP contribution is 2.15. The summed E-state index contributed by atoms with van der Waals surface area (Å²) in [5.41, 5.74) is 4.44. The number of halogens is 1. The van der Waals surface area contributed by atoms with E-state index in [4.69, 9.17) is 0 Å². The van der Waals surface area contributed by atoms with Crippen LogP contribution in [0.15, 0.2) is 58.2 Å². The maximum absolute atomic E-state index is 11.9. The Kier molecular flexibility index (Phi) is 4.41. The first-order chi connectivity index (χ1) is 9.18. The van der Waals surface area contributed by atoms with E-state index in [1.807, 2.05) is 30.3 Å². The summed E-state index contributed by atoms with van der Waals surface area (Å²) >= 11 is 3.33. The average Bonchev–Trinajstić information content (AvgIpc) is 2.46. The van der Waals surface area contributed by atoms with Crippen molar-refractivity contribution in [2.45, 2.75) is 6.92 Å². The predicted octanol–water partition coefficient (Wildman–Crippen LogP) is 3.00. The van der Waals surface area contributed by atoms with E-state index in [-0.39, 0.29) is 5.91 Å². The summed E-state index contributed by atoms with van der Waals surface area (Å²) in [6, 6.07) is 12.7. The van der Waals surface area contributed by atoms with Gasteiger partial charge in [-0.1, -0.05) is 18.2 Å². The SMILES string of the molecule is C/C(=N\NC(=O)c1ccccc1Br)c1ccccn1. The number of rotatable bonds is 3. The standard InChI is InChI=1S/C14H12BrN3O/c1-10(13-8-4-5-9-16-13)17-18-14(19)11-6-2-3-7-12(11)15/h2-9H,1H3,(H,18,19)/b17-10+. The molecule has 0 fully saturated rings. The Morgan fingerprint density at radius 3 is 2.63 bits per heavy atom. The topological polar surface area (TPSA) is 54.4 Å². The summed E-state index contributed by atoms with van der Waals surface area (Å²) in [5, 5.41) is 4.05. The molecule has 1 amide bonds. The number of aromatic nitrogens is 1. The van der Waals surface area contributed by atoms with Gasteiger partial charge in [0.15, 0.2) is 0 Å². The number of hydrogen-bond donors (Lipinski definition) is 1. The van der Waals surface area contributed by atoms with Gasteiger partial charge in [0.2, 0.25) is 0 Å². The molecule has 1 N–H and O–H groups in total. The van der Waals surface area contributed by atoms with E-state index < -0.39 is 0 Å². The zero-order valence-electron chi connectivity index (χ0n) is 10.3. The third-order valence-electron chi connectivity index (χ3n) is 2.48. The van der Waals surface area contributed by atoms with Gasteiger partial charge in [-0.25, -0.2) is 5.43 Å². The van der Waals surface area contributed by atoms with Crippen LogP contribution in [0.1, 0.15) is 23.0 Å². The second kappa shape index (κ2) is 6.24. The van der Waals surface area contributed by atoms with Crippen LogP contribution in [0.3, 0.4) is 0 Å². The molecule has 0 aliphatic carbocycles. The van der Waals surface area contributed by atoms with E-state index in [9.17, 15) is 4.79 Å². The third-order valence-corrected chi connectivity index (χ3v) is 3.17. The van der Waals surface area contributed by atoms with Crippen LogP contribution in [-0.4, -0.2) is 16.6 Å². The van der Waals surface area contributed by atoms with Gasteiger partial charge in [0.05, 0.1) is 17.0 Å². The molecule has 4 nitrogen and oxygen atoms in total. The van der Waals surface area contributed by atoms with E-state index in [0.717, 1.165) is 10.2 Å². The fraction of sp³-hybridized carbons (Fsp3) is 0.0714. The van der Waals surface area contributed by atoms with Gasteiger partial charge in [-0.15, -0.1) is 0 Å². The molecule has 0 bridgehead atoms. The van der Waals surface area contributed by atoms with Crippen molar-refractivity contribution in [2.75, 3.05) is 0 Å². The second-order valence-electron chi connectivity index (χ2n) is 3.83. The van der Waals surface area contributed by atoms with Crippen LogP contribution in [0.5, 0.6) is 0 Å². The van der Waals surface area contributed by atoms with Crippen molar-refractivity contribution in [1.82, 2.24) is 10.4 Å². The molecular formula is C14H12BrN3O. The highest BCUT2D eigenvalue weighted by molar-refractivity contribution is 9.10. The van der Waals surface area contributed by atoms with Crippen molar-refractivity contribution in [3.05, 3.63) is 64.4 Å². The Bertz CT molecular complexity index is 611. The number of hydrazone groups is 1. The second-order valence-corrected chi connectivity index (χ2v) is 4.69. The van der Waals surface area contributed by atoms with Crippen LogP contribution < -0.4 is 5.43 Å². The van der Waals surface area contributed by atoms with Gasteiger partial charge in [0.1, 0.15) is 0 Å². The fourth-order valence-electron chi connectivity index (χ4n) is 1.47. The summed E-state index contributed by atoms with van der Waals surface area (Å²) in [6.07, 6.45) is 1.68. The lowest BCUT2D eigenvalue weighted by Gasteiger charge is -2.03. The Labute approximate surface area is 119 Å². The van der Waals surface area contributed by atoms with Crippen molar-refractivity contribution in [2.24, 2.45) is 5.10 Å². The Morgan fingerprint density at radius 1 is 1.21 bits per heavy atom. The molecule has 0 spiro atoms. The van der Waals surface area contributed by atoms with Gasteiger partial charge in [-0.3, -0.25) is 9.78 Å². The van der Waals surface area contributed by atoms with Gasteiger partial charge in [0.25, 0.3) is 5.91 Å². The number of amides is 1. The molecule has 0 aliphatic heterocycles. The highest BCUT2D eigenvalue weighted by atomic mass is 79.9. The van der Waals surface area contributed by atoms with Crippen LogP contribution in [0, 0.1) is 0 Å². The first-order valence-electron chi connectivity index (χ1n) is 5.69. The van der Waals surface area contributed by atoms with E-state index in [0.29, 0.717) is 11.3 Å². The fourth-order valence-corrected chi connectivity index (χ4v) is 1.94. The van der Waals surface area contributed by atoms with Crippen LogP contribution >= 0.6 is 15.9 Å². The number of hydrogen-bond acceptors (Lipinski definition) is 3. The molecule has 2 aromatic rings. The molecule has 0 atom stereocenters. The smallest absolute Gasteiger partial charge is 0.267 e. The van der Waals surface area contributed by atoms with Gasteiger partial charge in [0, 0.05) is 10.7 Å². The maximum atomic E-state index is 11.9. The average molecular weight is 318 g/mol. The minimum atomic E-state index is -0.261. The quantitative estimate of drug-likeness (QED) is 0.699. The zero-order valence-corrected chi connectivity index (χ0v) is 11.9. The predicted molar refractivity (Wildman–Crippen MR) is 78.1 cm³/mol. The molecule has 19 heavy (non-hydrogen) atoms. The number of carbonyl (C=O) groups excluding carboxylic acids is 1. The largest absolute Gasteiger partial charge is 0.272 e. The molecule has 5 heteroatoms. The van der Waals surface area contributed by atoms with E-state index in [2.05, 4.69) is 31.4 Å². The molecule has 0 aliphatic rings. The monoisotopic (exact) mass is 317 g/mol. The lowest BCUT2D eigenvalue weighted by molar-refractivity contribution is 0.0954. The van der Waals surface area contributed by atoms with Crippen molar-refractivity contribution >= 4 is 27.5 Å². The lowest BCUT2D eigenvalue weighted by atomic mass is 10.2. The number of nitrogens with one attached hydrogen (secondary N) is 1. The molecule has 0 saturated heterocycles. The van der Waals surface area contributed by atoms with E-state index in [1.54, 1.807) is 25.3 Å². The summed E-state index contributed by atoms with van der Waals surface area (Å²) in [5.74, 6) is -0.261. The first kappa shape index (κ1) is 13.4. The Morgan fingerprint density at radius 2 is 1.95 bits per heavy atom. The van der Waals surface area contributed by atoms with Crippen LogP contribution in [0.2, 0.25) is 0 Å². The summed E-state index contributed by atoms with van der Waals surface area (Å²) in [6.45, 7) is 1.79. The molecule has 96 valence electrons. The van der Waals surface area contributed by atoms with Crippen LogP contribution in [0.4, 0.5) is 0 Å². The minimum absolute atomic E-state index is 0.261. The normalized spacial score (nSPS) is 11.2. The summed E-state index contributed by atoms with van der Waals surface area (Å²) in [7, 11) is 0. The molecule has 1 aromatic heterocycles. The molecular weight excluding hydrogens is 306 g/mol. The Hall–Kier alpha value is -2.01. The minimum Gasteiger partial charge on any atom is -0.267 e. The summed E-state index contributed by atoms with van der Waals surface area (Å²) in [4.78, 5) is 16.1. The summed E-state index contributed by atoms with van der Waals surface area (Å²) < 4.78 is 0.734. The maximum Gasteiger partial charge on any atom is 0.272 e. The van der Waals surface area contributed by atoms with Crippen molar-refractivity contribution in [1.29, 1.82) is 0 Å².